The zero-order valence-electron chi connectivity index (χ0n) is 10.7. The molecule has 0 spiro atoms. The van der Waals surface area contributed by atoms with E-state index >= 15 is 0 Å². The smallest absolute Gasteiger partial charge is 0.262 e. The fraction of sp³-hybridized carbons (Fsp3) is 0.143. The molecule has 0 bridgehead atoms. The van der Waals surface area contributed by atoms with E-state index in [1.165, 1.54) is 28.7 Å². The minimum atomic E-state index is -0.407. The van der Waals surface area contributed by atoms with Crippen LogP contribution in [0.2, 0.25) is 5.02 Å². The quantitative estimate of drug-likeness (QED) is 0.776. The number of thiazole rings is 1. The van der Waals surface area contributed by atoms with Crippen molar-refractivity contribution < 1.29 is 9.18 Å². The molecule has 2 heterocycles. The first-order valence-electron chi connectivity index (χ1n) is 6.18. The largest absolute Gasteiger partial charge is 0.351 e. The Morgan fingerprint density at radius 2 is 2.29 bits per heavy atom. The third-order valence-electron chi connectivity index (χ3n) is 2.96. The number of hydrogen-bond donors (Lipinski definition) is 1. The summed E-state index contributed by atoms with van der Waals surface area (Å²) < 4.78 is 14.4. The molecule has 108 valence electrons. The van der Waals surface area contributed by atoms with Gasteiger partial charge in [0.05, 0.1) is 16.2 Å². The van der Waals surface area contributed by atoms with Crippen LogP contribution in [-0.4, -0.2) is 17.4 Å². The number of carbonyl (C=O) groups excluding carboxylic acids is 1. The molecule has 3 rings (SSSR count). The van der Waals surface area contributed by atoms with Crippen molar-refractivity contribution in [3.05, 3.63) is 50.5 Å². The lowest BCUT2D eigenvalue weighted by Crippen LogP contribution is -2.25. The molecule has 21 heavy (non-hydrogen) atoms. The third-order valence-corrected chi connectivity index (χ3v) is 5.24. The van der Waals surface area contributed by atoms with Crippen LogP contribution in [0.4, 0.5) is 4.39 Å². The fourth-order valence-corrected chi connectivity index (χ4v) is 4.03. The molecule has 0 aliphatic heterocycles. The lowest BCUT2D eigenvalue weighted by atomic mass is 10.2. The number of thiophene rings is 1. The number of nitrogens with one attached hydrogen (secondary N) is 1. The second-order valence-corrected chi connectivity index (χ2v) is 6.49. The van der Waals surface area contributed by atoms with Gasteiger partial charge in [-0.2, -0.15) is 0 Å². The van der Waals surface area contributed by atoms with E-state index in [0.717, 1.165) is 5.69 Å². The molecular weight excluding hydrogens is 331 g/mol. The minimum absolute atomic E-state index is 0.180. The van der Waals surface area contributed by atoms with Gasteiger partial charge in [-0.15, -0.1) is 22.7 Å². The molecule has 0 fully saturated rings. The van der Waals surface area contributed by atoms with E-state index < -0.39 is 5.82 Å². The maximum Gasteiger partial charge on any atom is 0.262 e. The van der Waals surface area contributed by atoms with E-state index in [0.29, 0.717) is 27.9 Å². The Bertz CT molecular complexity index is 786. The maximum absolute atomic E-state index is 13.7. The van der Waals surface area contributed by atoms with Gasteiger partial charge in [0.2, 0.25) is 0 Å². The van der Waals surface area contributed by atoms with Crippen molar-refractivity contribution in [1.29, 1.82) is 0 Å². The van der Waals surface area contributed by atoms with Crippen LogP contribution in [-0.2, 0) is 6.42 Å². The average Bonchev–Trinajstić information content (AvgIpc) is 3.08. The van der Waals surface area contributed by atoms with Gasteiger partial charge < -0.3 is 5.32 Å². The van der Waals surface area contributed by atoms with E-state index in [1.54, 1.807) is 17.6 Å². The molecule has 1 amide bonds. The van der Waals surface area contributed by atoms with Gasteiger partial charge >= 0.3 is 0 Å². The highest BCUT2D eigenvalue weighted by molar-refractivity contribution is 7.21. The summed E-state index contributed by atoms with van der Waals surface area (Å²) >= 11 is 8.85. The van der Waals surface area contributed by atoms with Crippen LogP contribution in [0.15, 0.2) is 29.1 Å². The standard InChI is InChI=1S/C14H10ClFN2OS2/c15-12-11-9(16)2-1-3-10(11)21-13(12)14(19)17-5-4-8-6-20-7-18-8/h1-3,6-7H,4-5H2,(H,17,19). The number of carbonyl (C=O) groups is 1. The summed E-state index contributed by atoms with van der Waals surface area (Å²) in [6.45, 7) is 0.468. The van der Waals surface area contributed by atoms with Crippen LogP contribution in [0.3, 0.4) is 0 Å². The molecule has 0 radical (unpaired) electrons. The summed E-state index contributed by atoms with van der Waals surface area (Å²) in [5, 5.41) is 5.22. The SMILES string of the molecule is O=C(NCCc1cscn1)c1sc2cccc(F)c2c1Cl. The van der Waals surface area contributed by atoms with Crippen LogP contribution in [0.1, 0.15) is 15.4 Å². The van der Waals surface area contributed by atoms with Crippen molar-refractivity contribution >= 4 is 50.3 Å². The molecule has 2 aromatic heterocycles. The van der Waals surface area contributed by atoms with Crippen LogP contribution in [0.5, 0.6) is 0 Å². The molecule has 7 heteroatoms. The predicted molar refractivity (Wildman–Crippen MR) is 84.9 cm³/mol. The molecule has 3 nitrogen and oxygen atoms in total. The van der Waals surface area contributed by atoms with Crippen LogP contribution in [0, 0.1) is 5.82 Å². The molecule has 0 atom stereocenters. The molecule has 0 aliphatic rings. The summed E-state index contributed by atoms with van der Waals surface area (Å²) in [4.78, 5) is 16.6. The molecule has 0 saturated heterocycles. The van der Waals surface area contributed by atoms with E-state index in [9.17, 15) is 9.18 Å². The molecule has 0 aliphatic carbocycles. The number of fused-ring (bicyclic) bond motifs is 1. The van der Waals surface area contributed by atoms with Gasteiger partial charge in [-0.1, -0.05) is 17.7 Å². The Kier molecular flexibility index (Phi) is 4.19. The van der Waals surface area contributed by atoms with E-state index in [4.69, 9.17) is 11.6 Å². The van der Waals surface area contributed by atoms with Gasteiger partial charge in [-0.05, 0) is 12.1 Å². The van der Waals surface area contributed by atoms with Gasteiger partial charge in [-0.3, -0.25) is 4.79 Å². The number of hydrogen-bond acceptors (Lipinski definition) is 4. The first kappa shape index (κ1) is 14.4. The lowest BCUT2D eigenvalue weighted by Gasteiger charge is -2.02. The Morgan fingerprint density at radius 3 is 3.00 bits per heavy atom. The van der Waals surface area contributed by atoms with Crippen molar-refractivity contribution in [2.24, 2.45) is 0 Å². The monoisotopic (exact) mass is 340 g/mol. The molecule has 0 saturated carbocycles. The third kappa shape index (κ3) is 2.92. The average molecular weight is 341 g/mol. The van der Waals surface area contributed by atoms with Crippen molar-refractivity contribution in [2.75, 3.05) is 6.54 Å². The van der Waals surface area contributed by atoms with Crippen LogP contribution < -0.4 is 5.32 Å². The highest BCUT2D eigenvalue weighted by atomic mass is 35.5. The maximum atomic E-state index is 13.7. The number of rotatable bonds is 4. The molecule has 3 aromatic rings. The Labute approximate surface area is 133 Å². The molecular formula is C14H10ClFN2OS2. The normalized spacial score (nSPS) is 11.0. The summed E-state index contributed by atoms with van der Waals surface area (Å²) in [6, 6.07) is 4.69. The summed E-state index contributed by atoms with van der Waals surface area (Å²) in [6.07, 6.45) is 0.659. The van der Waals surface area contributed by atoms with Crippen molar-refractivity contribution in [3.63, 3.8) is 0 Å². The number of benzene rings is 1. The number of halogens is 2. The second-order valence-electron chi connectivity index (χ2n) is 4.34. The summed E-state index contributed by atoms with van der Waals surface area (Å²) in [5.41, 5.74) is 2.69. The van der Waals surface area contributed by atoms with E-state index in [-0.39, 0.29) is 10.9 Å². The van der Waals surface area contributed by atoms with E-state index in [2.05, 4.69) is 10.3 Å². The van der Waals surface area contributed by atoms with Gasteiger partial charge in [0, 0.05) is 28.4 Å². The minimum Gasteiger partial charge on any atom is -0.351 e. The zero-order valence-corrected chi connectivity index (χ0v) is 13.1. The first-order valence-corrected chi connectivity index (χ1v) is 8.32. The lowest BCUT2D eigenvalue weighted by molar-refractivity contribution is 0.0958. The van der Waals surface area contributed by atoms with Gasteiger partial charge in [0.1, 0.15) is 10.7 Å². The number of amides is 1. The van der Waals surface area contributed by atoms with Gasteiger partial charge in [0.25, 0.3) is 5.91 Å². The molecule has 0 unspecified atom stereocenters. The van der Waals surface area contributed by atoms with Crippen LogP contribution in [0.25, 0.3) is 10.1 Å². The van der Waals surface area contributed by atoms with E-state index in [1.807, 2.05) is 5.38 Å². The fourth-order valence-electron chi connectivity index (χ4n) is 1.96. The number of aromatic nitrogens is 1. The second kappa shape index (κ2) is 6.09. The van der Waals surface area contributed by atoms with Crippen molar-refractivity contribution in [2.45, 2.75) is 6.42 Å². The highest BCUT2D eigenvalue weighted by Crippen LogP contribution is 2.36. The Hall–Kier alpha value is -1.50. The van der Waals surface area contributed by atoms with Crippen molar-refractivity contribution in [1.82, 2.24) is 10.3 Å². The number of nitrogens with zero attached hydrogens (tertiary/aromatic N) is 1. The zero-order chi connectivity index (χ0) is 14.8. The van der Waals surface area contributed by atoms with Crippen LogP contribution >= 0.6 is 34.3 Å². The molecule has 1 aromatic carbocycles. The molecule has 1 N–H and O–H groups in total. The highest BCUT2D eigenvalue weighted by Gasteiger charge is 2.19. The topological polar surface area (TPSA) is 42.0 Å². The van der Waals surface area contributed by atoms with Gasteiger partial charge in [-0.25, -0.2) is 9.37 Å². The van der Waals surface area contributed by atoms with Crippen molar-refractivity contribution in [3.8, 4) is 0 Å². The predicted octanol–water partition coefficient (Wildman–Crippen LogP) is 4.12. The first-order chi connectivity index (χ1) is 10.2. The Balaban J connectivity index is 1.75. The summed E-state index contributed by atoms with van der Waals surface area (Å²) in [7, 11) is 0. The summed E-state index contributed by atoms with van der Waals surface area (Å²) in [5.74, 6) is -0.689. The van der Waals surface area contributed by atoms with Gasteiger partial charge in [0.15, 0.2) is 0 Å². The Morgan fingerprint density at radius 1 is 1.43 bits per heavy atom.